The van der Waals surface area contributed by atoms with E-state index in [2.05, 4.69) is 138 Å². The van der Waals surface area contributed by atoms with E-state index in [0.717, 1.165) is 148 Å². The molecule has 750 valence electrons. The van der Waals surface area contributed by atoms with Gasteiger partial charge < -0.3 is 94.0 Å². The largest absolute Gasteiger partial charge is 0.383 e. The topological polar surface area (TPSA) is 480 Å². The Kier molecular flexibility index (Phi) is 34.5. The number of ketones is 3. The van der Waals surface area contributed by atoms with Crippen LogP contribution in [0.25, 0.3) is 0 Å². The van der Waals surface area contributed by atoms with Gasteiger partial charge in [0.25, 0.3) is 17.7 Å². The fourth-order valence-electron chi connectivity index (χ4n) is 24.9. The minimum absolute atomic E-state index is 0.0821. The molecule has 9 unspecified atom stereocenters. The van der Waals surface area contributed by atoms with Crippen LogP contribution in [0.4, 0.5) is 14.4 Å². The number of carbonyl (C=O) groups excluding carboxylic acids is 15. The Morgan fingerprint density at radius 3 is 0.857 bits per heavy atom. The number of amides is 15. The molecule has 15 amide bonds. The number of nitrogens with two attached hydrogens (primary N) is 3. The first-order valence-corrected chi connectivity index (χ1v) is 50.1. The van der Waals surface area contributed by atoms with E-state index in [1.54, 1.807) is 36.0 Å². The second-order valence-corrected chi connectivity index (χ2v) is 47.6. The molecule has 0 radical (unpaired) electrons. The highest BCUT2D eigenvalue weighted by Gasteiger charge is 2.73. The maximum atomic E-state index is 14.6. The average Bonchev–Trinajstić information content (AvgIpc) is 1.53. The molecule has 15 N–H and O–H groups in total. The fraction of sp³-hybridized carbons (Fsp3) is 0.850. The molecule has 33 nitrogen and oxygen atoms in total. The number of methoxy groups -OCH3 is 3. The molecule has 0 spiro atoms. The minimum Gasteiger partial charge on any atom is -0.383 e. The maximum absolute atomic E-state index is 14.6. The number of carbonyl (C=O) groups is 15. The van der Waals surface area contributed by atoms with Crippen molar-refractivity contribution in [3.05, 3.63) is 0 Å². The highest BCUT2D eigenvalue weighted by Crippen LogP contribution is 2.68. The smallest absolute Gasteiger partial charge is 0.315 e. The van der Waals surface area contributed by atoms with Gasteiger partial charge in [0.05, 0.1) is 55.1 Å². The second kappa shape index (κ2) is 42.9. The van der Waals surface area contributed by atoms with Gasteiger partial charge >= 0.3 is 18.1 Å². The number of hydrogen-bond donors (Lipinski definition) is 12. The standard InChI is InChI=1S/C34H57N5O6.2C33H55N5O6/c1-20(2)17-34(6,19-45-7)38-31(44)37-27(33(5)14-9-8-10-15-33)30(43)39-18-22-24(32(22,3)4)25(39)29(42)36-23(26(40)28(35)41)16-21-12-11-13-21;1-31(2,3)22(18-44-7)36-30(43)37-26(33(6)14-9-8-10-15-33)29(42)38-17-20-23(32(20,4)5)24(38)28(41)35-21(25(39)27(34)40)16-19-12-11-13-19;1-19(2)16-33(6,18-44-7)37-30(43)36-26(32(5)13-9-8-10-14-32)29(42)38-17-21-23(31(21,3)4)24(38)28(41)35-22(15-20-11-12-20)25(39)27(34)40/h20-25,27H,8-19H2,1-7H3,(H2,35,41)(H,36,42)(H2,37,38,44);2*19-24,26H,8-18H2,1-7H3,(H2,34,40)(H,35,41)(H2,36,37,43)/t22?,23?,24?,25-,27+,34+;20?,21?,22-,23?,24+,26-;21?,22?,23?,24-,26+,33+/m010/s1. The van der Waals surface area contributed by atoms with Gasteiger partial charge in [-0.1, -0.05) is 220 Å². The molecule has 133 heavy (non-hydrogen) atoms. The van der Waals surface area contributed by atoms with E-state index in [1.807, 2.05) is 34.6 Å². The van der Waals surface area contributed by atoms with E-state index >= 15 is 0 Å². The van der Waals surface area contributed by atoms with Crippen LogP contribution in [0.15, 0.2) is 0 Å². The van der Waals surface area contributed by atoms with E-state index < -0.39 is 153 Å². The summed E-state index contributed by atoms with van der Waals surface area (Å²) in [5.41, 5.74) is 12.6. The molecule has 3 saturated heterocycles. The number of hydrogen-bond acceptors (Lipinski definition) is 18. The summed E-state index contributed by atoms with van der Waals surface area (Å²) in [6.45, 7) is 39.2. The summed E-state index contributed by atoms with van der Waals surface area (Å²) in [6, 6.07) is -9.51. The molecular formula is C100H167N15O18. The Morgan fingerprint density at radius 1 is 0.361 bits per heavy atom. The van der Waals surface area contributed by atoms with Gasteiger partial charge in [-0.15, -0.1) is 0 Å². The van der Waals surface area contributed by atoms with Crippen LogP contribution in [0.5, 0.6) is 0 Å². The summed E-state index contributed by atoms with van der Waals surface area (Å²) in [5, 5.41) is 26.9. The summed E-state index contributed by atoms with van der Waals surface area (Å²) in [6.07, 6.45) is 23.9. The normalized spacial score (nSPS) is 27.7. The summed E-state index contributed by atoms with van der Waals surface area (Å²) in [4.78, 5) is 205. The van der Waals surface area contributed by atoms with Crippen LogP contribution in [-0.2, 0) is 71.7 Å². The van der Waals surface area contributed by atoms with Gasteiger partial charge in [0, 0.05) is 41.0 Å². The molecule has 3 heterocycles. The van der Waals surface area contributed by atoms with Crippen molar-refractivity contribution in [2.75, 3.05) is 60.8 Å². The van der Waals surface area contributed by atoms with Crippen molar-refractivity contribution in [3.63, 3.8) is 0 Å². The number of piperidine rings is 3. The van der Waals surface area contributed by atoms with Gasteiger partial charge in [0.2, 0.25) is 52.8 Å². The van der Waals surface area contributed by atoms with Crippen LogP contribution >= 0.6 is 0 Å². The van der Waals surface area contributed by atoms with Crippen LogP contribution in [0.1, 0.15) is 304 Å². The minimum atomic E-state index is -1.07. The molecule has 9 saturated carbocycles. The van der Waals surface area contributed by atoms with E-state index in [0.29, 0.717) is 83.4 Å². The molecule has 0 bridgehead atoms. The van der Waals surface area contributed by atoms with Crippen LogP contribution in [0.3, 0.4) is 0 Å². The van der Waals surface area contributed by atoms with E-state index in [9.17, 15) is 71.9 Å². The number of rotatable bonds is 40. The zero-order valence-corrected chi connectivity index (χ0v) is 84.1. The van der Waals surface area contributed by atoms with Crippen molar-refractivity contribution < 1.29 is 86.1 Å². The monoisotopic (exact) mass is 1870 g/mol. The number of nitrogens with one attached hydrogen (secondary N) is 9. The highest BCUT2D eigenvalue weighted by molar-refractivity contribution is 6.39. The zero-order valence-electron chi connectivity index (χ0n) is 84.1. The Morgan fingerprint density at radius 2 is 0.632 bits per heavy atom. The van der Waals surface area contributed by atoms with E-state index in [4.69, 9.17) is 31.4 Å². The van der Waals surface area contributed by atoms with E-state index in [-0.39, 0.29) is 98.7 Å². The van der Waals surface area contributed by atoms with Gasteiger partial charge in [-0.05, 0) is 187 Å². The molecule has 12 fully saturated rings. The molecular weight excluding hydrogens is 1700 g/mol. The van der Waals surface area contributed by atoms with Crippen molar-refractivity contribution in [2.24, 2.45) is 120 Å². The van der Waals surface area contributed by atoms with Crippen LogP contribution in [-0.4, -0.2) is 236 Å². The first-order chi connectivity index (χ1) is 62.1. The lowest BCUT2D eigenvalue weighted by atomic mass is 9.70. The Balaban J connectivity index is 0.000000207. The predicted octanol–water partition coefficient (Wildman–Crippen LogP) is 9.08. The zero-order chi connectivity index (χ0) is 98.5. The van der Waals surface area contributed by atoms with Crippen molar-refractivity contribution in [1.29, 1.82) is 0 Å². The number of primary amides is 3. The molecule has 12 aliphatic rings. The first-order valence-electron chi connectivity index (χ1n) is 50.1. The Labute approximate surface area is 790 Å². The predicted molar refractivity (Wildman–Crippen MR) is 503 cm³/mol. The number of fused-ring (bicyclic) bond motifs is 3. The lowest BCUT2D eigenvalue weighted by Crippen LogP contribution is -2.64. The summed E-state index contributed by atoms with van der Waals surface area (Å²) in [7, 11) is 4.80. The third-order valence-corrected chi connectivity index (χ3v) is 33.6. The molecule has 0 aromatic carbocycles. The lowest BCUT2D eigenvalue weighted by Gasteiger charge is -2.43. The Hall–Kier alpha value is -8.07. The van der Waals surface area contributed by atoms with Gasteiger partial charge in [0.15, 0.2) is 0 Å². The maximum Gasteiger partial charge on any atom is 0.315 e. The van der Waals surface area contributed by atoms with Crippen molar-refractivity contribution >= 4 is 88.6 Å². The SMILES string of the molecule is COC[C@@H](NC(=O)N[C@H](C(=O)N1CC2C([C@H]1C(=O)NC(CC1CCC1)C(=O)C(N)=O)C2(C)C)C1(C)CCCCC1)C(C)(C)C.COC[C@@](C)(CC(C)C)NC(=O)N[C@H](C(=O)N1CC2C([C@H]1C(=O)NC(CC1CC1)C(=O)C(N)=O)C2(C)C)C1(C)CCCCC1.COC[C@@](C)(CC(C)C)NC(=O)N[C@H](C(=O)N1CC2C([C@H]1C(=O)NC(CC1CCC1)C(=O)C(N)=O)C2(C)C)C1(C)CCCCC1. The van der Waals surface area contributed by atoms with Crippen LogP contribution < -0.4 is 65.1 Å². The molecule has 0 aromatic rings. The number of likely N-dealkylation sites (tertiary alicyclic amines) is 3. The number of urea groups is 3. The van der Waals surface area contributed by atoms with Crippen LogP contribution in [0.2, 0.25) is 0 Å². The molecule has 33 heteroatoms. The molecule has 18 atom stereocenters. The Bertz CT molecular complexity index is 4230. The van der Waals surface area contributed by atoms with Gasteiger partial charge in [0.1, 0.15) is 36.3 Å². The molecule has 9 aliphatic carbocycles. The average molecular weight is 1870 g/mol. The lowest BCUT2D eigenvalue weighted by molar-refractivity contribution is -0.146. The quantitative estimate of drug-likeness (QED) is 0.0254. The van der Waals surface area contributed by atoms with Crippen molar-refractivity contribution in [2.45, 2.75) is 376 Å². The number of ether oxygens (including phenoxy) is 3. The van der Waals surface area contributed by atoms with Gasteiger partial charge in [-0.3, -0.25) is 57.5 Å². The number of Topliss-reactive ketones (excluding diaryl/α,β-unsaturated/α-hetero) is 3. The highest BCUT2D eigenvalue weighted by atomic mass is 16.5. The third-order valence-electron chi connectivity index (χ3n) is 33.6. The van der Waals surface area contributed by atoms with Gasteiger partial charge in [-0.2, -0.15) is 0 Å². The summed E-state index contributed by atoms with van der Waals surface area (Å²) in [5.74, 6) is -6.20. The van der Waals surface area contributed by atoms with Crippen molar-refractivity contribution in [3.8, 4) is 0 Å². The fourth-order valence-corrected chi connectivity index (χ4v) is 24.9. The molecule has 3 aliphatic heterocycles. The van der Waals surface area contributed by atoms with Crippen molar-refractivity contribution in [1.82, 2.24) is 62.6 Å². The molecule has 12 rings (SSSR count). The summed E-state index contributed by atoms with van der Waals surface area (Å²) >= 11 is 0. The third kappa shape index (κ3) is 25.3. The van der Waals surface area contributed by atoms with Gasteiger partial charge in [-0.25, -0.2) is 14.4 Å². The van der Waals surface area contributed by atoms with Crippen LogP contribution in [0, 0.1) is 103 Å². The summed E-state index contributed by atoms with van der Waals surface area (Å²) < 4.78 is 16.2. The number of nitrogens with zero attached hydrogens (tertiary/aromatic N) is 3. The molecule has 0 aromatic heterocycles. The second-order valence-electron chi connectivity index (χ2n) is 47.6. The van der Waals surface area contributed by atoms with E-state index in [1.165, 1.54) is 0 Å². The first kappa shape index (κ1) is 107.